The zero-order valence-electron chi connectivity index (χ0n) is 22.1. The Morgan fingerprint density at radius 1 is 1.21 bits per heavy atom. The summed E-state index contributed by atoms with van der Waals surface area (Å²) >= 11 is 13.2. The molecule has 204 valence electrons. The van der Waals surface area contributed by atoms with Crippen molar-refractivity contribution in [1.29, 1.82) is 0 Å². The van der Waals surface area contributed by atoms with Crippen molar-refractivity contribution in [3.8, 4) is 0 Å². The first-order chi connectivity index (χ1) is 18.9. The standard InChI is InChI=1S/C28H26Cl2N4O3.C2H6/c29-21-2-1-3-22(30)24(21)25-20(26(37-33-25)15-4-5-15)13-31-23-12-28(23)14-32-34(28)19-9-8-16-10-18(27(35)36)7-6-17(16)11-19;1-2/h2,6-11,15,23,31-32H,1,3-5,12-14H2,(H,35,36);1-2H3. The molecule has 2 heterocycles. The molecule has 9 heteroatoms. The number of carboxylic acids is 1. The summed E-state index contributed by atoms with van der Waals surface area (Å²) in [6, 6.07) is 11.7. The smallest absolute Gasteiger partial charge is 0.335 e. The van der Waals surface area contributed by atoms with Crippen molar-refractivity contribution in [3.63, 3.8) is 0 Å². The average Bonchev–Trinajstić information content (AvgIpc) is 3.85. The van der Waals surface area contributed by atoms with Crippen LogP contribution in [0.5, 0.6) is 0 Å². The van der Waals surface area contributed by atoms with Gasteiger partial charge in [0.1, 0.15) is 11.5 Å². The molecule has 0 radical (unpaired) electrons. The van der Waals surface area contributed by atoms with Crippen molar-refractivity contribution in [2.45, 2.75) is 70.0 Å². The van der Waals surface area contributed by atoms with Crippen LogP contribution in [-0.4, -0.2) is 34.4 Å². The van der Waals surface area contributed by atoms with Gasteiger partial charge in [-0.1, -0.05) is 60.4 Å². The van der Waals surface area contributed by atoms with E-state index in [9.17, 15) is 9.90 Å². The zero-order chi connectivity index (χ0) is 27.3. The highest BCUT2D eigenvalue weighted by Gasteiger charge is 2.64. The van der Waals surface area contributed by atoms with Gasteiger partial charge in [0, 0.05) is 46.3 Å². The molecule has 7 nitrogen and oxygen atoms in total. The van der Waals surface area contributed by atoms with Crippen LogP contribution in [0.1, 0.15) is 79.2 Å². The maximum Gasteiger partial charge on any atom is 0.335 e. The molecule has 3 fully saturated rings. The Kier molecular flexibility index (Phi) is 6.96. The van der Waals surface area contributed by atoms with E-state index in [1.165, 1.54) is 0 Å². The van der Waals surface area contributed by atoms with Crippen LogP contribution in [0.25, 0.3) is 16.3 Å². The molecule has 0 bridgehead atoms. The number of benzene rings is 2. The highest BCUT2D eigenvalue weighted by atomic mass is 35.5. The minimum atomic E-state index is -0.914. The van der Waals surface area contributed by atoms with Gasteiger partial charge in [0.2, 0.25) is 0 Å². The number of hydrazine groups is 1. The number of allylic oxidation sites excluding steroid dienone is 4. The number of anilines is 1. The number of fused-ring (bicyclic) bond motifs is 1. The maximum absolute atomic E-state index is 11.3. The van der Waals surface area contributed by atoms with E-state index in [0.29, 0.717) is 29.1 Å². The molecular formula is C30H32Cl2N4O3. The van der Waals surface area contributed by atoms with E-state index < -0.39 is 5.97 Å². The lowest BCUT2D eigenvalue weighted by molar-refractivity contribution is 0.0697. The van der Waals surface area contributed by atoms with Gasteiger partial charge in [-0.15, -0.1) is 0 Å². The number of carboxylic acid groups (broad SMARTS) is 1. The summed E-state index contributed by atoms with van der Waals surface area (Å²) in [6.07, 6.45) is 6.88. The predicted octanol–water partition coefficient (Wildman–Crippen LogP) is 6.92. The van der Waals surface area contributed by atoms with E-state index in [1.807, 2.05) is 38.1 Å². The molecule has 1 aromatic heterocycles. The van der Waals surface area contributed by atoms with E-state index in [4.69, 9.17) is 27.7 Å². The van der Waals surface area contributed by atoms with Crippen LogP contribution in [0.15, 0.2) is 57.1 Å². The van der Waals surface area contributed by atoms with Crippen LogP contribution in [0, 0.1) is 0 Å². The van der Waals surface area contributed by atoms with Crippen LogP contribution in [-0.2, 0) is 6.54 Å². The Bertz CT molecular complexity index is 1510. The lowest BCUT2D eigenvalue weighted by Crippen LogP contribution is -2.67. The molecule has 2 atom stereocenters. The van der Waals surface area contributed by atoms with Crippen molar-refractivity contribution >= 4 is 51.2 Å². The molecule has 1 aliphatic heterocycles. The van der Waals surface area contributed by atoms with Crippen molar-refractivity contribution in [1.82, 2.24) is 15.9 Å². The number of nitrogens with one attached hydrogen (secondary N) is 2. The molecule has 3 aliphatic carbocycles. The summed E-state index contributed by atoms with van der Waals surface area (Å²) in [7, 11) is 0. The average molecular weight is 568 g/mol. The third-order valence-electron chi connectivity index (χ3n) is 8.09. The molecule has 2 aromatic carbocycles. The van der Waals surface area contributed by atoms with Crippen LogP contribution in [0.2, 0.25) is 0 Å². The second kappa shape index (κ2) is 10.3. The van der Waals surface area contributed by atoms with Gasteiger partial charge in [-0.3, -0.25) is 5.01 Å². The van der Waals surface area contributed by atoms with Gasteiger partial charge >= 0.3 is 5.97 Å². The first-order valence-electron chi connectivity index (χ1n) is 13.7. The lowest BCUT2D eigenvalue weighted by Gasteiger charge is -2.45. The topological polar surface area (TPSA) is 90.6 Å². The van der Waals surface area contributed by atoms with Crippen LogP contribution in [0.4, 0.5) is 5.69 Å². The summed E-state index contributed by atoms with van der Waals surface area (Å²) in [5.74, 6) is 0.475. The second-order valence-corrected chi connectivity index (χ2v) is 11.3. The van der Waals surface area contributed by atoms with Crippen LogP contribution >= 0.6 is 23.2 Å². The molecule has 2 unspecified atom stereocenters. The molecule has 4 aliphatic rings. The van der Waals surface area contributed by atoms with Crippen molar-refractivity contribution in [3.05, 3.63) is 75.1 Å². The predicted molar refractivity (Wildman–Crippen MR) is 155 cm³/mol. The molecule has 1 saturated heterocycles. The van der Waals surface area contributed by atoms with Gasteiger partial charge in [-0.2, -0.15) is 0 Å². The highest BCUT2D eigenvalue weighted by molar-refractivity contribution is 6.42. The largest absolute Gasteiger partial charge is 0.478 e. The molecule has 1 spiro atoms. The van der Waals surface area contributed by atoms with E-state index in [-0.39, 0.29) is 5.54 Å². The molecular weight excluding hydrogens is 535 g/mol. The number of nitrogens with zero attached hydrogens (tertiary/aromatic N) is 2. The SMILES string of the molecule is CC.O=C(O)c1ccc2cc(N3NCC34CC4NCc3c(C4=C(Cl)CCC=C4Cl)noc3C3CC3)ccc2c1. The summed E-state index contributed by atoms with van der Waals surface area (Å²) in [5, 5.41) is 23.0. The minimum Gasteiger partial charge on any atom is -0.478 e. The van der Waals surface area contributed by atoms with Gasteiger partial charge in [0.05, 0.1) is 16.8 Å². The first-order valence-corrected chi connectivity index (χ1v) is 14.5. The monoisotopic (exact) mass is 566 g/mol. The van der Waals surface area contributed by atoms with E-state index in [0.717, 1.165) is 82.7 Å². The van der Waals surface area contributed by atoms with Crippen LogP contribution < -0.4 is 15.8 Å². The van der Waals surface area contributed by atoms with Gasteiger partial charge in [-0.05, 0) is 67.1 Å². The zero-order valence-corrected chi connectivity index (χ0v) is 23.6. The quantitative estimate of drug-likeness (QED) is 0.286. The molecule has 7 rings (SSSR count). The Morgan fingerprint density at radius 2 is 1.97 bits per heavy atom. The number of carbonyl (C=O) groups is 1. The van der Waals surface area contributed by atoms with Gasteiger partial charge < -0.3 is 14.9 Å². The fourth-order valence-electron chi connectivity index (χ4n) is 5.72. The maximum atomic E-state index is 11.3. The summed E-state index contributed by atoms with van der Waals surface area (Å²) in [5.41, 5.74) is 7.51. The number of halogens is 2. The highest BCUT2D eigenvalue weighted by Crippen LogP contribution is 2.49. The Balaban J connectivity index is 0.00000135. The summed E-state index contributed by atoms with van der Waals surface area (Å²) < 4.78 is 5.84. The van der Waals surface area contributed by atoms with E-state index in [2.05, 4.69) is 27.0 Å². The fourth-order valence-corrected chi connectivity index (χ4v) is 6.38. The third kappa shape index (κ3) is 4.65. The van der Waals surface area contributed by atoms with Gasteiger partial charge in [-0.25, -0.2) is 10.2 Å². The Labute approximate surface area is 237 Å². The molecule has 3 N–H and O–H groups in total. The Morgan fingerprint density at radius 3 is 2.67 bits per heavy atom. The third-order valence-corrected chi connectivity index (χ3v) is 8.81. The van der Waals surface area contributed by atoms with Gasteiger partial charge in [0.15, 0.2) is 0 Å². The Hall–Kier alpha value is -2.84. The lowest BCUT2D eigenvalue weighted by atomic mass is 9.98. The molecule has 39 heavy (non-hydrogen) atoms. The van der Waals surface area contributed by atoms with Crippen molar-refractivity contribution in [2.24, 2.45) is 0 Å². The summed E-state index contributed by atoms with van der Waals surface area (Å²) in [6.45, 7) is 5.55. The number of hydrogen-bond donors (Lipinski definition) is 3. The number of rotatable bonds is 7. The first kappa shape index (κ1) is 26.4. The molecule has 3 aromatic rings. The van der Waals surface area contributed by atoms with E-state index >= 15 is 0 Å². The summed E-state index contributed by atoms with van der Waals surface area (Å²) in [4.78, 5) is 11.3. The van der Waals surface area contributed by atoms with Crippen molar-refractivity contribution < 1.29 is 14.4 Å². The number of aromatic nitrogens is 1. The normalized spacial score (nSPS) is 23.8. The fraction of sp³-hybridized carbons (Fsp3) is 0.400. The van der Waals surface area contributed by atoms with E-state index in [1.54, 1.807) is 12.1 Å². The van der Waals surface area contributed by atoms with Crippen molar-refractivity contribution in [2.75, 3.05) is 11.6 Å². The molecule has 2 saturated carbocycles. The molecule has 0 amide bonds. The second-order valence-electron chi connectivity index (χ2n) is 10.5. The van der Waals surface area contributed by atoms with Crippen LogP contribution in [0.3, 0.4) is 0 Å². The number of hydrogen-bond acceptors (Lipinski definition) is 6. The minimum absolute atomic E-state index is 0.0189. The number of aromatic carboxylic acids is 1. The van der Waals surface area contributed by atoms with Gasteiger partial charge in [0.25, 0.3) is 0 Å².